The van der Waals surface area contributed by atoms with Crippen LogP contribution < -0.4 is 21.9 Å². The van der Waals surface area contributed by atoms with E-state index in [1.165, 1.54) is 6.07 Å². The van der Waals surface area contributed by atoms with Crippen LogP contribution in [-0.4, -0.2) is 24.7 Å². The topological polar surface area (TPSA) is 131 Å². The Kier molecular flexibility index (Phi) is 5.84. The summed E-state index contributed by atoms with van der Waals surface area (Å²) in [6.45, 7) is 7.84. The smallest absolute Gasteiger partial charge is 0.404 e. The fraction of sp³-hybridized carbons (Fsp3) is 0.500. The van der Waals surface area contributed by atoms with Gasteiger partial charge >= 0.3 is 6.09 Å². The minimum absolute atomic E-state index is 0.219. The highest BCUT2D eigenvalue weighted by Crippen LogP contribution is 2.27. The second kappa shape index (κ2) is 7.21. The summed E-state index contributed by atoms with van der Waals surface area (Å²) in [7, 11) is 0. The molecule has 2 amide bonds. The van der Waals surface area contributed by atoms with E-state index < -0.39 is 18.1 Å². The average Bonchev–Trinajstić information content (AvgIpc) is 2.39. The number of hydrogen-bond acceptors (Lipinski definition) is 5. The van der Waals surface area contributed by atoms with E-state index >= 15 is 0 Å². The van der Waals surface area contributed by atoms with Gasteiger partial charge in [0, 0.05) is 12.1 Å². The molecular formula is C16H25N3O4. The summed E-state index contributed by atoms with van der Waals surface area (Å²) in [6.07, 6.45) is -0.813. The van der Waals surface area contributed by atoms with Crippen LogP contribution in [0.3, 0.4) is 0 Å². The molecule has 0 aliphatic carbocycles. The predicted octanol–water partition coefficient (Wildman–Crippen LogP) is 1.96. The van der Waals surface area contributed by atoms with Crippen molar-refractivity contribution in [3.63, 3.8) is 0 Å². The first-order chi connectivity index (χ1) is 10.5. The van der Waals surface area contributed by atoms with Crippen LogP contribution in [0.2, 0.25) is 0 Å². The van der Waals surface area contributed by atoms with Crippen molar-refractivity contribution in [3.05, 3.63) is 23.3 Å². The van der Waals surface area contributed by atoms with E-state index in [4.69, 9.17) is 26.7 Å². The molecule has 1 unspecified atom stereocenters. The van der Waals surface area contributed by atoms with E-state index in [0.29, 0.717) is 17.9 Å². The van der Waals surface area contributed by atoms with E-state index in [2.05, 4.69) is 0 Å². The number of nitrogens with two attached hydrogens (primary N) is 3. The van der Waals surface area contributed by atoms with Crippen molar-refractivity contribution in [3.8, 4) is 5.75 Å². The number of anilines is 1. The van der Waals surface area contributed by atoms with Crippen molar-refractivity contribution in [1.82, 2.24) is 0 Å². The minimum Gasteiger partial charge on any atom is -0.493 e. The molecule has 0 aliphatic rings. The Morgan fingerprint density at radius 2 is 1.83 bits per heavy atom. The molecule has 128 valence electrons. The van der Waals surface area contributed by atoms with Crippen LogP contribution in [0.1, 0.15) is 43.1 Å². The molecule has 0 fully saturated rings. The van der Waals surface area contributed by atoms with Gasteiger partial charge in [0.2, 0.25) is 0 Å². The largest absolute Gasteiger partial charge is 0.493 e. The average molecular weight is 323 g/mol. The van der Waals surface area contributed by atoms with Gasteiger partial charge in [0.05, 0.1) is 12.2 Å². The molecule has 0 aromatic heterocycles. The van der Waals surface area contributed by atoms with E-state index in [1.54, 1.807) is 13.0 Å². The summed E-state index contributed by atoms with van der Waals surface area (Å²) in [5.74, 6) is -0.261. The summed E-state index contributed by atoms with van der Waals surface area (Å²) in [5, 5.41) is 0. The molecule has 1 aromatic carbocycles. The zero-order valence-corrected chi connectivity index (χ0v) is 14.0. The van der Waals surface area contributed by atoms with E-state index in [1.807, 2.05) is 20.8 Å². The summed E-state index contributed by atoms with van der Waals surface area (Å²) >= 11 is 0. The van der Waals surface area contributed by atoms with Gasteiger partial charge in [-0.05, 0) is 30.0 Å². The van der Waals surface area contributed by atoms with Gasteiger partial charge in [0.25, 0.3) is 5.91 Å². The molecule has 1 aromatic rings. The zero-order chi connectivity index (χ0) is 17.8. The maximum absolute atomic E-state index is 11.5. The van der Waals surface area contributed by atoms with Gasteiger partial charge in [-0.25, -0.2) is 4.79 Å². The molecule has 0 radical (unpaired) electrons. The van der Waals surface area contributed by atoms with Gasteiger partial charge < -0.3 is 26.7 Å². The van der Waals surface area contributed by atoms with Gasteiger partial charge in [-0.1, -0.05) is 20.8 Å². The van der Waals surface area contributed by atoms with Crippen molar-refractivity contribution in [2.75, 3.05) is 12.3 Å². The normalized spacial score (nSPS) is 12.5. The Balaban J connectivity index is 2.83. The second-order valence-corrected chi connectivity index (χ2v) is 6.50. The number of nitrogen functional groups attached to an aromatic ring is 1. The molecule has 6 N–H and O–H groups in total. The Labute approximate surface area is 136 Å². The number of rotatable bonds is 6. The third-order valence-corrected chi connectivity index (χ3v) is 3.50. The first-order valence-corrected chi connectivity index (χ1v) is 7.31. The van der Waals surface area contributed by atoms with Gasteiger partial charge in [0.1, 0.15) is 11.9 Å². The monoisotopic (exact) mass is 323 g/mol. The summed E-state index contributed by atoms with van der Waals surface area (Å²) in [5.41, 5.74) is 17.4. The highest BCUT2D eigenvalue weighted by atomic mass is 16.6. The molecule has 0 saturated carbocycles. The summed E-state index contributed by atoms with van der Waals surface area (Å²) in [6, 6.07) is 3.16. The summed E-state index contributed by atoms with van der Waals surface area (Å²) < 4.78 is 10.8. The van der Waals surface area contributed by atoms with E-state index in [9.17, 15) is 9.59 Å². The second-order valence-electron chi connectivity index (χ2n) is 6.50. The van der Waals surface area contributed by atoms with E-state index in [-0.39, 0.29) is 17.6 Å². The zero-order valence-electron chi connectivity index (χ0n) is 14.0. The van der Waals surface area contributed by atoms with Gasteiger partial charge in [0.15, 0.2) is 0 Å². The Bertz CT molecular complexity index is 594. The van der Waals surface area contributed by atoms with Crippen LogP contribution in [0.4, 0.5) is 10.5 Å². The molecule has 0 saturated heterocycles. The molecule has 0 heterocycles. The predicted molar refractivity (Wildman–Crippen MR) is 88.1 cm³/mol. The van der Waals surface area contributed by atoms with Crippen LogP contribution in [0.5, 0.6) is 5.75 Å². The van der Waals surface area contributed by atoms with Gasteiger partial charge in [-0.3, -0.25) is 4.79 Å². The maximum atomic E-state index is 11.5. The Morgan fingerprint density at radius 1 is 1.22 bits per heavy atom. The number of benzene rings is 1. The van der Waals surface area contributed by atoms with Crippen molar-refractivity contribution in [2.24, 2.45) is 16.9 Å². The fourth-order valence-corrected chi connectivity index (χ4v) is 2.10. The SMILES string of the molecule is Cc1cc(OCCC(OC(N)=O)C(C)(C)C)c(C(N)=O)cc1N. The molecule has 7 nitrogen and oxygen atoms in total. The van der Waals surface area contributed by atoms with Gasteiger partial charge in [-0.15, -0.1) is 0 Å². The van der Waals surface area contributed by atoms with Crippen molar-refractivity contribution >= 4 is 17.7 Å². The minimum atomic E-state index is -0.828. The molecule has 23 heavy (non-hydrogen) atoms. The molecule has 1 rings (SSSR count). The van der Waals surface area contributed by atoms with E-state index in [0.717, 1.165) is 5.56 Å². The van der Waals surface area contributed by atoms with Crippen molar-refractivity contribution in [2.45, 2.75) is 40.2 Å². The van der Waals surface area contributed by atoms with Crippen LogP contribution >= 0.6 is 0 Å². The highest BCUT2D eigenvalue weighted by Gasteiger charge is 2.27. The quantitative estimate of drug-likeness (QED) is 0.689. The highest BCUT2D eigenvalue weighted by molar-refractivity contribution is 5.96. The molecular weight excluding hydrogens is 298 g/mol. The number of ether oxygens (including phenoxy) is 2. The van der Waals surface area contributed by atoms with Crippen LogP contribution in [0.15, 0.2) is 12.1 Å². The standard InChI is InChI=1S/C16H25N3O4/c1-9-7-12(10(14(18)20)8-11(9)17)22-6-5-13(16(2,3)4)23-15(19)21/h7-8,13H,5-6,17H2,1-4H3,(H2,18,20)(H2,19,21). The Morgan fingerprint density at radius 3 is 2.30 bits per heavy atom. The number of carbonyl (C=O) groups excluding carboxylic acids is 2. The lowest BCUT2D eigenvalue weighted by Crippen LogP contribution is -2.35. The molecule has 1 atom stereocenters. The first-order valence-electron chi connectivity index (χ1n) is 7.31. The number of aryl methyl sites for hydroxylation is 1. The summed E-state index contributed by atoms with van der Waals surface area (Å²) in [4.78, 5) is 22.5. The lowest BCUT2D eigenvalue weighted by atomic mass is 9.87. The number of carbonyl (C=O) groups is 2. The lowest BCUT2D eigenvalue weighted by Gasteiger charge is -2.29. The van der Waals surface area contributed by atoms with Crippen LogP contribution in [-0.2, 0) is 4.74 Å². The Hall–Kier alpha value is -2.44. The van der Waals surface area contributed by atoms with Gasteiger partial charge in [-0.2, -0.15) is 0 Å². The van der Waals surface area contributed by atoms with Crippen molar-refractivity contribution in [1.29, 1.82) is 0 Å². The van der Waals surface area contributed by atoms with Crippen molar-refractivity contribution < 1.29 is 19.1 Å². The first kappa shape index (κ1) is 18.6. The van der Waals surface area contributed by atoms with Crippen LogP contribution in [0.25, 0.3) is 0 Å². The lowest BCUT2D eigenvalue weighted by molar-refractivity contribution is 0.0229. The van der Waals surface area contributed by atoms with Crippen LogP contribution in [0, 0.1) is 12.3 Å². The number of hydrogen-bond donors (Lipinski definition) is 3. The number of primary amides is 2. The number of amides is 2. The molecule has 0 spiro atoms. The molecule has 0 aliphatic heterocycles. The third-order valence-electron chi connectivity index (χ3n) is 3.50. The molecule has 7 heteroatoms. The fourth-order valence-electron chi connectivity index (χ4n) is 2.10. The molecule has 0 bridgehead atoms. The maximum Gasteiger partial charge on any atom is 0.404 e. The third kappa shape index (κ3) is 5.36.